The number of amides is 1. The zero-order valence-electron chi connectivity index (χ0n) is 17.2. The van der Waals surface area contributed by atoms with Crippen molar-refractivity contribution < 1.29 is 28.2 Å². The number of nitrogens with one attached hydrogen (secondary N) is 1. The topological polar surface area (TPSA) is 93.8 Å². The summed E-state index contributed by atoms with van der Waals surface area (Å²) in [6, 6.07) is 18.8. The van der Waals surface area contributed by atoms with Crippen LogP contribution in [0.2, 0.25) is 0 Å². The van der Waals surface area contributed by atoms with Gasteiger partial charge in [0.1, 0.15) is 24.5 Å². The van der Waals surface area contributed by atoms with E-state index in [1.165, 1.54) is 6.07 Å². The number of carboxylic acid groups (broad SMARTS) is 1. The van der Waals surface area contributed by atoms with E-state index in [-0.39, 0.29) is 30.9 Å². The van der Waals surface area contributed by atoms with Gasteiger partial charge in [0.05, 0.1) is 6.04 Å². The molecule has 0 saturated carbocycles. The van der Waals surface area contributed by atoms with Crippen LogP contribution in [-0.2, 0) is 6.61 Å². The van der Waals surface area contributed by atoms with Crippen LogP contribution in [0.15, 0.2) is 71.1 Å². The van der Waals surface area contributed by atoms with Crippen molar-refractivity contribution in [1.29, 1.82) is 0 Å². The molecule has 1 atom stereocenters. The Morgan fingerprint density at radius 2 is 1.94 bits per heavy atom. The maximum atomic E-state index is 14.6. The van der Waals surface area contributed by atoms with Crippen LogP contribution >= 0.6 is 0 Å². The molecule has 0 bridgehead atoms. The minimum Gasteiger partial charge on any atom is -0.491 e. The monoisotopic (exact) mass is 436 g/mol. The van der Waals surface area contributed by atoms with Gasteiger partial charge in [0.15, 0.2) is 17.1 Å². The van der Waals surface area contributed by atoms with Crippen molar-refractivity contribution >= 4 is 17.2 Å². The fourth-order valence-corrected chi connectivity index (χ4v) is 3.08. The predicted molar refractivity (Wildman–Crippen MR) is 116 cm³/mol. The molecule has 0 aliphatic rings. The molecule has 8 heteroatoms. The number of nitrogens with zero attached hydrogens (tertiary/aromatic N) is 1. The molecule has 1 heterocycles. The summed E-state index contributed by atoms with van der Waals surface area (Å²) in [4.78, 5) is 15.1. The molecule has 0 fully saturated rings. The van der Waals surface area contributed by atoms with Gasteiger partial charge in [-0.3, -0.25) is 0 Å². The van der Waals surface area contributed by atoms with E-state index in [1.54, 1.807) is 37.3 Å². The van der Waals surface area contributed by atoms with Gasteiger partial charge in [-0.15, -0.1) is 0 Å². The van der Waals surface area contributed by atoms with Crippen molar-refractivity contribution in [3.63, 3.8) is 0 Å². The Balaban J connectivity index is 1.46. The van der Waals surface area contributed by atoms with Crippen molar-refractivity contribution in [1.82, 2.24) is 10.3 Å². The number of rotatable bonds is 8. The lowest BCUT2D eigenvalue weighted by atomic mass is 10.2. The second kappa shape index (κ2) is 9.38. The number of fused-ring (bicyclic) bond motifs is 1. The summed E-state index contributed by atoms with van der Waals surface area (Å²) in [6.07, 6.45) is -1.11. The van der Waals surface area contributed by atoms with Crippen LogP contribution in [0, 0.1) is 5.82 Å². The second-order valence-corrected chi connectivity index (χ2v) is 7.23. The Morgan fingerprint density at radius 1 is 1.12 bits per heavy atom. The molecule has 164 valence electrons. The summed E-state index contributed by atoms with van der Waals surface area (Å²) >= 11 is 0. The van der Waals surface area contributed by atoms with E-state index < -0.39 is 11.9 Å². The van der Waals surface area contributed by atoms with Gasteiger partial charge < -0.3 is 24.3 Å². The van der Waals surface area contributed by atoms with E-state index in [4.69, 9.17) is 19.0 Å². The highest BCUT2D eigenvalue weighted by Crippen LogP contribution is 2.30. The van der Waals surface area contributed by atoms with Crippen molar-refractivity contribution in [2.24, 2.45) is 0 Å². The molecule has 0 spiro atoms. The van der Waals surface area contributed by atoms with Crippen LogP contribution < -0.4 is 14.8 Å². The first-order valence-corrected chi connectivity index (χ1v) is 9.97. The van der Waals surface area contributed by atoms with Crippen LogP contribution in [0.1, 0.15) is 12.5 Å². The molecule has 4 rings (SSSR count). The molecule has 7 nitrogen and oxygen atoms in total. The molecule has 2 N–H and O–H groups in total. The third kappa shape index (κ3) is 5.15. The predicted octanol–water partition coefficient (Wildman–Crippen LogP) is 5.25. The van der Waals surface area contributed by atoms with E-state index in [0.29, 0.717) is 22.4 Å². The molecule has 0 unspecified atom stereocenters. The van der Waals surface area contributed by atoms with Crippen LogP contribution in [-0.4, -0.2) is 28.8 Å². The Kier molecular flexibility index (Phi) is 6.21. The van der Waals surface area contributed by atoms with E-state index >= 15 is 0 Å². The first kappa shape index (κ1) is 21.2. The smallest absolute Gasteiger partial charge is 0.404 e. The number of aromatic nitrogens is 1. The number of carbonyl (C=O) groups is 1. The highest BCUT2D eigenvalue weighted by molar-refractivity contribution is 5.77. The highest BCUT2D eigenvalue weighted by atomic mass is 19.1. The van der Waals surface area contributed by atoms with Gasteiger partial charge in [-0.05, 0) is 42.8 Å². The van der Waals surface area contributed by atoms with Gasteiger partial charge in [0.25, 0.3) is 0 Å². The van der Waals surface area contributed by atoms with Gasteiger partial charge in [0.2, 0.25) is 5.89 Å². The summed E-state index contributed by atoms with van der Waals surface area (Å²) in [7, 11) is 0. The number of halogens is 1. The first-order valence-electron chi connectivity index (χ1n) is 9.97. The van der Waals surface area contributed by atoms with E-state index in [0.717, 1.165) is 5.56 Å². The minimum atomic E-state index is -1.11. The van der Waals surface area contributed by atoms with Crippen molar-refractivity contribution in [2.45, 2.75) is 19.6 Å². The standard InChI is InChI=1S/C24H21FN2O5/c1-15(26-24(28)29)13-30-18-8-9-20-22(12-18)32-23(27-20)17-7-10-21(19(25)11-17)31-14-16-5-3-2-4-6-16/h2-12,15,26H,13-14H2,1H3,(H,28,29)/t15-/m0/s1. The van der Waals surface area contributed by atoms with Crippen molar-refractivity contribution in [3.8, 4) is 23.0 Å². The molecule has 1 aromatic heterocycles. The van der Waals surface area contributed by atoms with E-state index in [1.807, 2.05) is 30.3 Å². The second-order valence-electron chi connectivity index (χ2n) is 7.23. The summed E-state index contributed by atoms with van der Waals surface area (Å²) in [5, 5.41) is 11.0. The third-order valence-corrected chi connectivity index (χ3v) is 4.65. The summed E-state index contributed by atoms with van der Waals surface area (Å²) in [5.41, 5.74) is 2.49. The Hall–Kier alpha value is -4.07. The number of oxazole rings is 1. The SMILES string of the molecule is C[C@@H](COc1ccc2nc(-c3ccc(OCc4ccccc4)c(F)c3)oc2c1)NC(=O)O. The molecule has 0 aliphatic heterocycles. The Bertz CT molecular complexity index is 1230. The van der Waals surface area contributed by atoms with E-state index in [2.05, 4.69) is 10.3 Å². The molecule has 4 aromatic rings. The van der Waals surface area contributed by atoms with Gasteiger partial charge in [-0.1, -0.05) is 30.3 Å². The fourth-order valence-electron chi connectivity index (χ4n) is 3.08. The lowest BCUT2D eigenvalue weighted by Gasteiger charge is -2.12. The first-order chi connectivity index (χ1) is 15.5. The molecular formula is C24H21FN2O5. The van der Waals surface area contributed by atoms with Gasteiger partial charge in [-0.2, -0.15) is 0 Å². The summed E-state index contributed by atoms with van der Waals surface area (Å²) in [5.74, 6) is 0.416. The molecule has 1 amide bonds. The van der Waals surface area contributed by atoms with Crippen LogP contribution in [0.3, 0.4) is 0 Å². The fraction of sp³-hybridized carbons (Fsp3) is 0.167. The zero-order chi connectivity index (χ0) is 22.5. The summed E-state index contributed by atoms with van der Waals surface area (Å²) < 4.78 is 31.5. The van der Waals surface area contributed by atoms with Crippen LogP contribution in [0.25, 0.3) is 22.6 Å². The molecule has 3 aromatic carbocycles. The molecule has 0 aliphatic carbocycles. The van der Waals surface area contributed by atoms with Gasteiger partial charge in [0, 0.05) is 11.6 Å². The Morgan fingerprint density at radius 3 is 2.69 bits per heavy atom. The summed E-state index contributed by atoms with van der Waals surface area (Å²) in [6.45, 7) is 2.12. The zero-order valence-corrected chi connectivity index (χ0v) is 17.2. The van der Waals surface area contributed by atoms with Crippen molar-refractivity contribution in [2.75, 3.05) is 6.61 Å². The molecule has 0 radical (unpaired) electrons. The largest absolute Gasteiger partial charge is 0.491 e. The van der Waals surface area contributed by atoms with Crippen LogP contribution in [0.5, 0.6) is 11.5 Å². The number of ether oxygens (including phenoxy) is 2. The quantitative estimate of drug-likeness (QED) is 0.392. The molecule has 0 saturated heterocycles. The minimum absolute atomic E-state index is 0.147. The average molecular weight is 436 g/mol. The number of benzene rings is 3. The molecular weight excluding hydrogens is 415 g/mol. The highest BCUT2D eigenvalue weighted by Gasteiger charge is 2.13. The van der Waals surface area contributed by atoms with E-state index in [9.17, 15) is 9.18 Å². The average Bonchev–Trinajstić information content (AvgIpc) is 3.20. The van der Waals surface area contributed by atoms with Crippen molar-refractivity contribution in [3.05, 3.63) is 78.1 Å². The van der Waals surface area contributed by atoms with Gasteiger partial charge >= 0.3 is 6.09 Å². The number of hydrogen-bond acceptors (Lipinski definition) is 5. The number of hydrogen-bond donors (Lipinski definition) is 2. The van der Waals surface area contributed by atoms with Crippen LogP contribution in [0.4, 0.5) is 9.18 Å². The maximum Gasteiger partial charge on any atom is 0.404 e. The Labute approximate surface area is 183 Å². The van der Waals surface area contributed by atoms with Gasteiger partial charge in [-0.25, -0.2) is 14.2 Å². The maximum absolute atomic E-state index is 14.6. The lowest BCUT2D eigenvalue weighted by Crippen LogP contribution is -2.35. The molecule has 32 heavy (non-hydrogen) atoms. The normalized spacial score (nSPS) is 11.8. The lowest BCUT2D eigenvalue weighted by molar-refractivity contribution is 0.183. The third-order valence-electron chi connectivity index (χ3n) is 4.65.